The van der Waals surface area contributed by atoms with Gasteiger partial charge in [0.1, 0.15) is 12.4 Å². The fourth-order valence-electron chi connectivity index (χ4n) is 1.43. The largest absolute Gasteiger partial charge is 0.489 e. The van der Waals surface area contributed by atoms with Crippen LogP contribution in [0.4, 0.5) is 0 Å². The van der Waals surface area contributed by atoms with Crippen molar-refractivity contribution in [1.29, 1.82) is 0 Å². The van der Waals surface area contributed by atoms with Crippen LogP contribution in [0.15, 0.2) is 36.4 Å². The Morgan fingerprint density at radius 2 is 2.00 bits per heavy atom. The minimum absolute atomic E-state index is 0.361. The van der Waals surface area contributed by atoms with Gasteiger partial charge in [0, 0.05) is 0 Å². The van der Waals surface area contributed by atoms with Gasteiger partial charge in [-0.15, -0.1) is 0 Å². The fourth-order valence-corrected chi connectivity index (χ4v) is 1.43. The number of aliphatic hydroxyl groups excluding tert-OH is 1. The molecule has 0 aliphatic rings. The summed E-state index contributed by atoms with van der Waals surface area (Å²) < 4.78 is 5.48. The van der Waals surface area contributed by atoms with Crippen molar-refractivity contribution in [3.05, 3.63) is 42.0 Å². The quantitative estimate of drug-likeness (QED) is 0.744. The Kier molecular flexibility index (Phi) is 5.06. The lowest BCUT2D eigenvalue weighted by atomic mass is 10.1. The molecule has 1 N–H and O–H groups in total. The van der Waals surface area contributed by atoms with Crippen LogP contribution in [-0.2, 0) is 0 Å². The van der Waals surface area contributed by atoms with Crippen molar-refractivity contribution in [1.82, 2.24) is 0 Å². The molecule has 0 fully saturated rings. The van der Waals surface area contributed by atoms with Crippen LogP contribution in [-0.4, -0.2) is 11.7 Å². The second-order valence-corrected chi connectivity index (χ2v) is 4.12. The first-order valence-corrected chi connectivity index (χ1v) is 5.68. The lowest BCUT2D eigenvalue weighted by Gasteiger charge is -2.11. The average Bonchev–Trinajstić information content (AvgIpc) is 2.27. The Balaban J connectivity index is 2.57. The summed E-state index contributed by atoms with van der Waals surface area (Å²) >= 11 is 0. The van der Waals surface area contributed by atoms with E-state index >= 15 is 0 Å². The van der Waals surface area contributed by atoms with E-state index in [-0.39, 0.29) is 6.10 Å². The molecule has 0 radical (unpaired) electrons. The lowest BCUT2D eigenvalue weighted by molar-refractivity contribution is 0.166. The van der Waals surface area contributed by atoms with E-state index in [2.05, 4.69) is 13.5 Å². The maximum atomic E-state index is 9.77. The SMILES string of the molecule is C=C(C)COc1ccc(C(O)CCC)cc1. The summed E-state index contributed by atoms with van der Waals surface area (Å²) in [5.41, 5.74) is 1.94. The summed E-state index contributed by atoms with van der Waals surface area (Å²) in [6, 6.07) is 7.59. The average molecular weight is 220 g/mol. The van der Waals surface area contributed by atoms with Crippen molar-refractivity contribution < 1.29 is 9.84 Å². The molecule has 0 aromatic heterocycles. The molecular weight excluding hydrogens is 200 g/mol. The van der Waals surface area contributed by atoms with E-state index in [0.717, 1.165) is 29.7 Å². The third-order valence-corrected chi connectivity index (χ3v) is 2.31. The van der Waals surface area contributed by atoms with Crippen LogP contribution in [0.25, 0.3) is 0 Å². The van der Waals surface area contributed by atoms with E-state index in [0.29, 0.717) is 6.61 Å². The molecule has 1 atom stereocenters. The van der Waals surface area contributed by atoms with Crippen LogP contribution >= 0.6 is 0 Å². The zero-order chi connectivity index (χ0) is 12.0. The Labute approximate surface area is 97.6 Å². The van der Waals surface area contributed by atoms with Gasteiger partial charge in [-0.25, -0.2) is 0 Å². The minimum atomic E-state index is -0.361. The second-order valence-electron chi connectivity index (χ2n) is 4.12. The zero-order valence-electron chi connectivity index (χ0n) is 10.1. The number of rotatable bonds is 6. The van der Waals surface area contributed by atoms with E-state index < -0.39 is 0 Å². The minimum Gasteiger partial charge on any atom is -0.489 e. The summed E-state index contributed by atoms with van der Waals surface area (Å²) in [4.78, 5) is 0. The summed E-state index contributed by atoms with van der Waals surface area (Å²) in [6.45, 7) is 8.31. The first-order valence-electron chi connectivity index (χ1n) is 5.68. The molecule has 0 bridgehead atoms. The summed E-state index contributed by atoms with van der Waals surface area (Å²) in [5.74, 6) is 0.815. The monoisotopic (exact) mass is 220 g/mol. The van der Waals surface area contributed by atoms with Gasteiger partial charge in [0.25, 0.3) is 0 Å². The van der Waals surface area contributed by atoms with Crippen molar-refractivity contribution in [3.8, 4) is 5.75 Å². The molecule has 2 nitrogen and oxygen atoms in total. The number of hydrogen-bond acceptors (Lipinski definition) is 2. The molecule has 0 aliphatic heterocycles. The van der Waals surface area contributed by atoms with Crippen molar-refractivity contribution in [2.75, 3.05) is 6.61 Å². The number of ether oxygens (including phenoxy) is 1. The molecule has 1 aromatic rings. The van der Waals surface area contributed by atoms with Gasteiger partial charge in [0.15, 0.2) is 0 Å². The van der Waals surface area contributed by atoms with Crippen molar-refractivity contribution >= 4 is 0 Å². The number of benzene rings is 1. The van der Waals surface area contributed by atoms with Crippen LogP contribution < -0.4 is 4.74 Å². The second kappa shape index (κ2) is 6.33. The zero-order valence-corrected chi connectivity index (χ0v) is 10.1. The van der Waals surface area contributed by atoms with E-state index in [9.17, 15) is 5.11 Å². The molecule has 0 aliphatic carbocycles. The number of hydrogen-bond donors (Lipinski definition) is 1. The molecular formula is C14H20O2. The van der Waals surface area contributed by atoms with Gasteiger partial charge in [-0.05, 0) is 36.6 Å². The molecule has 0 saturated heterocycles. The van der Waals surface area contributed by atoms with Crippen LogP contribution in [0.3, 0.4) is 0 Å². The lowest BCUT2D eigenvalue weighted by Crippen LogP contribution is -1.99. The smallest absolute Gasteiger partial charge is 0.119 e. The predicted molar refractivity (Wildman–Crippen MR) is 66.6 cm³/mol. The Bertz CT molecular complexity index is 327. The molecule has 2 heteroatoms. The van der Waals surface area contributed by atoms with Gasteiger partial charge >= 0.3 is 0 Å². The third-order valence-electron chi connectivity index (χ3n) is 2.31. The Morgan fingerprint density at radius 3 is 2.50 bits per heavy atom. The maximum absolute atomic E-state index is 9.77. The topological polar surface area (TPSA) is 29.5 Å². The fraction of sp³-hybridized carbons (Fsp3) is 0.429. The van der Waals surface area contributed by atoms with Gasteiger partial charge in [-0.3, -0.25) is 0 Å². The Hall–Kier alpha value is -1.28. The molecule has 1 unspecified atom stereocenters. The highest BCUT2D eigenvalue weighted by Crippen LogP contribution is 2.21. The predicted octanol–water partition coefficient (Wildman–Crippen LogP) is 3.48. The van der Waals surface area contributed by atoms with Crippen LogP contribution in [0.5, 0.6) is 5.75 Å². The van der Waals surface area contributed by atoms with E-state index in [4.69, 9.17) is 4.74 Å². The standard InChI is InChI=1S/C14H20O2/c1-4-5-14(15)12-6-8-13(9-7-12)16-10-11(2)3/h6-9,14-15H,2,4-5,10H2,1,3H3. The molecule has 1 aromatic carbocycles. The van der Waals surface area contributed by atoms with Crippen molar-refractivity contribution in [2.24, 2.45) is 0 Å². The molecule has 0 saturated carbocycles. The van der Waals surface area contributed by atoms with Crippen molar-refractivity contribution in [3.63, 3.8) is 0 Å². The van der Waals surface area contributed by atoms with Gasteiger partial charge < -0.3 is 9.84 Å². The summed E-state index contributed by atoms with van der Waals surface area (Å²) in [6.07, 6.45) is 1.42. The van der Waals surface area contributed by atoms with E-state index in [1.807, 2.05) is 31.2 Å². The molecule has 16 heavy (non-hydrogen) atoms. The molecule has 88 valence electrons. The van der Waals surface area contributed by atoms with Crippen LogP contribution in [0, 0.1) is 0 Å². The summed E-state index contributed by atoms with van der Waals surface area (Å²) in [7, 11) is 0. The third kappa shape index (κ3) is 4.07. The van der Waals surface area contributed by atoms with Crippen LogP contribution in [0.1, 0.15) is 38.4 Å². The Morgan fingerprint density at radius 1 is 1.38 bits per heavy atom. The molecule has 0 amide bonds. The van der Waals surface area contributed by atoms with Gasteiger partial charge in [-0.1, -0.05) is 32.1 Å². The van der Waals surface area contributed by atoms with Gasteiger partial charge in [-0.2, -0.15) is 0 Å². The van der Waals surface area contributed by atoms with Crippen LogP contribution in [0.2, 0.25) is 0 Å². The first kappa shape index (κ1) is 12.8. The maximum Gasteiger partial charge on any atom is 0.119 e. The van der Waals surface area contributed by atoms with E-state index in [1.165, 1.54) is 0 Å². The van der Waals surface area contributed by atoms with Gasteiger partial charge in [0.2, 0.25) is 0 Å². The molecule has 0 spiro atoms. The highest BCUT2D eigenvalue weighted by atomic mass is 16.5. The first-order chi connectivity index (χ1) is 7.63. The van der Waals surface area contributed by atoms with Gasteiger partial charge in [0.05, 0.1) is 6.10 Å². The van der Waals surface area contributed by atoms with E-state index in [1.54, 1.807) is 0 Å². The van der Waals surface area contributed by atoms with Crippen molar-refractivity contribution in [2.45, 2.75) is 32.8 Å². The normalized spacial score (nSPS) is 12.2. The highest BCUT2D eigenvalue weighted by Gasteiger charge is 2.05. The molecule has 1 rings (SSSR count). The summed E-state index contributed by atoms with van der Waals surface area (Å²) in [5, 5.41) is 9.77. The molecule has 0 heterocycles. The number of aliphatic hydroxyl groups is 1. The highest BCUT2D eigenvalue weighted by molar-refractivity contribution is 5.28.